The van der Waals surface area contributed by atoms with E-state index in [0.717, 1.165) is 73.2 Å². The first-order valence-electron chi connectivity index (χ1n) is 14.3. The Balaban J connectivity index is 1.19. The van der Waals surface area contributed by atoms with Crippen LogP contribution in [0.15, 0.2) is 47.3 Å². The molecule has 2 N–H and O–H groups in total. The number of amides is 2. The van der Waals surface area contributed by atoms with Crippen molar-refractivity contribution in [3.63, 3.8) is 0 Å². The maximum Gasteiger partial charge on any atom is 0.268 e. The van der Waals surface area contributed by atoms with Gasteiger partial charge in [0.05, 0.1) is 27.0 Å². The van der Waals surface area contributed by atoms with Crippen LogP contribution in [0, 0.1) is 11.3 Å². The number of thiophene rings is 1. The SMILES string of the molecule is CN(C(=O)C1CCCCC1)c1ccc2c(c1)nc(NC(=O)c1ccc(-c3cnco3)s1)n2C1CC2(CCNC2)C1. The lowest BCUT2D eigenvalue weighted by Gasteiger charge is -2.46. The normalized spacial score (nSPS) is 23.0. The van der Waals surface area contributed by atoms with E-state index in [1.54, 1.807) is 17.2 Å². The molecule has 7 rings (SSSR count). The molecule has 208 valence electrons. The number of benzene rings is 1. The number of carbonyl (C=O) groups is 2. The smallest absolute Gasteiger partial charge is 0.268 e. The highest BCUT2D eigenvalue weighted by Crippen LogP contribution is 2.53. The van der Waals surface area contributed by atoms with Gasteiger partial charge in [-0.1, -0.05) is 19.3 Å². The molecule has 3 aromatic heterocycles. The van der Waals surface area contributed by atoms with Gasteiger partial charge in [-0.2, -0.15) is 0 Å². The summed E-state index contributed by atoms with van der Waals surface area (Å²) in [5.74, 6) is 1.27. The van der Waals surface area contributed by atoms with E-state index in [1.165, 1.54) is 30.6 Å². The van der Waals surface area contributed by atoms with Gasteiger partial charge in [0.25, 0.3) is 5.91 Å². The molecule has 0 unspecified atom stereocenters. The number of nitrogens with one attached hydrogen (secondary N) is 2. The van der Waals surface area contributed by atoms with Crippen molar-refractivity contribution in [2.45, 2.75) is 57.4 Å². The lowest BCUT2D eigenvalue weighted by molar-refractivity contribution is -0.123. The van der Waals surface area contributed by atoms with Crippen molar-refractivity contribution in [2.24, 2.45) is 11.3 Å². The van der Waals surface area contributed by atoms with Crippen LogP contribution in [-0.4, -0.2) is 46.5 Å². The summed E-state index contributed by atoms with van der Waals surface area (Å²) < 4.78 is 7.60. The fourth-order valence-electron chi connectivity index (χ4n) is 6.86. The zero-order valence-corrected chi connectivity index (χ0v) is 23.5. The quantitative estimate of drug-likeness (QED) is 0.307. The summed E-state index contributed by atoms with van der Waals surface area (Å²) in [5.41, 5.74) is 2.95. The molecule has 4 aromatic rings. The van der Waals surface area contributed by atoms with Crippen molar-refractivity contribution in [1.82, 2.24) is 19.9 Å². The summed E-state index contributed by atoms with van der Waals surface area (Å²) in [5, 5.41) is 6.62. The van der Waals surface area contributed by atoms with Gasteiger partial charge in [-0.15, -0.1) is 11.3 Å². The minimum atomic E-state index is -0.200. The number of hydrogen-bond donors (Lipinski definition) is 2. The monoisotopic (exact) mass is 558 g/mol. The highest BCUT2D eigenvalue weighted by Gasteiger charge is 2.47. The van der Waals surface area contributed by atoms with Gasteiger partial charge in [0, 0.05) is 31.2 Å². The highest BCUT2D eigenvalue weighted by molar-refractivity contribution is 7.17. The first-order valence-corrected chi connectivity index (χ1v) is 15.1. The van der Waals surface area contributed by atoms with Crippen molar-refractivity contribution in [3.05, 3.63) is 47.8 Å². The third-order valence-electron chi connectivity index (χ3n) is 9.11. The van der Waals surface area contributed by atoms with Crippen LogP contribution in [0.4, 0.5) is 11.6 Å². The molecular formula is C30H34N6O3S. The number of anilines is 2. The van der Waals surface area contributed by atoms with E-state index < -0.39 is 0 Å². The number of fused-ring (bicyclic) bond motifs is 1. The van der Waals surface area contributed by atoms with Crippen LogP contribution in [-0.2, 0) is 4.79 Å². The predicted molar refractivity (Wildman–Crippen MR) is 156 cm³/mol. The van der Waals surface area contributed by atoms with Gasteiger partial charge in [0.1, 0.15) is 0 Å². The zero-order chi connectivity index (χ0) is 27.3. The van der Waals surface area contributed by atoms with Gasteiger partial charge in [0.2, 0.25) is 11.9 Å². The van der Waals surface area contributed by atoms with Gasteiger partial charge in [0.15, 0.2) is 12.2 Å². The van der Waals surface area contributed by atoms with Crippen LogP contribution in [0.1, 0.15) is 67.1 Å². The van der Waals surface area contributed by atoms with Gasteiger partial charge in [-0.05, 0) is 74.4 Å². The number of imidazole rings is 1. The molecule has 2 aliphatic carbocycles. The Morgan fingerprint density at radius 1 is 1.18 bits per heavy atom. The molecule has 2 amide bonds. The summed E-state index contributed by atoms with van der Waals surface area (Å²) >= 11 is 1.36. The maximum atomic E-state index is 13.4. The molecule has 1 aliphatic heterocycles. The highest BCUT2D eigenvalue weighted by atomic mass is 32.1. The van der Waals surface area contributed by atoms with E-state index >= 15 is 0 Å². The molecule has 0 bridgehead atoms. The van der Waals surface area contributed by atoms with Gasteiger partial charge in [-0.3, -0.25) is 14.9 Å². The second kappa shape index (κ2) is 10.2. The Bertz CT molecular complexity index is 1540. The van der Waals surface area contributed by atoms with Crippen LogP contribution in [0.25, 0.3) is 21.7 Å². The summed E-state index contributed by atoms with van der Waals surface area (Å²) in [6.45, 7) is 2.12. The van der Waals surface area contributed by atoms with Crippen molar-refractivity contribution < 1.29 is 14.0 Å². The lowest BCUT2D eigenvalue weighted by Crippen LogP contribution is -2.40. The second-order valence-corrected chi connectivity index (χ2v) is 12.8. The fraction of sp³-hybridized carbons (Fsp3) is 0.467. The summed E-state index contributed by atoms with van der Waals surface area (Å²) in [6.07, 6.45) is 11.7. The fourth-order valence-corrected chi connectivity index (χ4v) is 7.72. The molecule has 2 saturated carbocycles. The molecule has 0 atom stereocenters. The minimum absolute atomic E-state index is 0.0979. The van der Waals surface area contributed by atoms with Gasteiger partial charge >= 0.3 is 0 Å². The Kier molecular flexibility index (Phi) is 6.47. The Labute approximate surface area is 237 Å². The first kappa shape index (κ1) is 25.5. The van der Waals surface area contributed by atoms with Crippen LogP contribution >= 0.6 is 11.3 Å². The van der Waals surface area contributed by atoms with E-state index in [0.29, 0.717) is 22.0 Å². The first-order chi connectivity index (χ1) is 19.5. The molecule has 9 nitrogen and oxygen atoms in total. The van der Waals surface area contributed by atoms with E-state index in [4.69, 9.17) is 9.40 Å². The second-order valence-electron chi connectivity index (χ2n) is 11.7. The summed E-state index contributed by atoms with van der Waals surface area (Å²) in [4.78, 5) is 38.7. The third-order valence-corrected chi connectivity index (χ3v) is 10.2. The Morgan fingerprint density at radius 2 is 2.02 bits per heavy atom. The Hall–Kier alpha value is -3.50. The number of hydrogen-bond acceptors (Lipinski definition) is 7. The van der Waals surface area contributed by atoms with Crippen LogP contribution in [0.2, 0.25) is 0 Å². The van der Waals surface area contributed by atoms with Crippen molar-refractivity contribution >= 4 is 45.8 Å². The molecule has 1 spiro atoms. The topological polar surface area (TPSA) is 105 Å². The van der Waals surface area contributed by atoms with E-state index in [9.17, 15) is 9.59 Å². The van der Waals surface area contributed by atoms with Crippen LogP contribution in [0.5, 0.6) is 0 Å². The molecule has 0 radical (unpaired) electrons. The van der Waals surface area contributed by atoms with E-state index in [2.05, 4.69) is 26.3 Å². The number of oxazole rings is 1. The molecule has 3 aliphatic rings. The number of nitrogens with zero attached hydrogens (tertiary/aromatic N) is 4. The van der Waals surface area contributed by atoms with Gasteiger partial charge in [-0.25, -0.2) is 9.97 Å². The van der Waals surface area contributed by atoms with Crippen LogP contribution in [0.3, 0.4) is 0 Å². The molecule has 3 fully saturated rings. The summed E-state index contributed by atoms with van der Waals surface area (Å²) in [6, 6.07) is 10.0. The van der Waals surface area contributed by atoms with Crippen molar-refractivity contribution in [2.75, 3.05) is 30.4 Å². The maximum absolute atomic E-state index is 13.4. The molecule has 1 saturated heterocycles. The number of carbonyl (C=O) groups excluding carboxylic acids is 2. The van der Waals surface area contributed by atoms with Gasteiger partial charge < -0.3 is 19.2 Å². The van der Waals surface area contributed by atoms with Crippen LogP contribution < -0.4 is 15.5 Å². The molecular weight excluding hydrogens is 524 g/mol. The molecule has 40 heavy (non-hydrogen) atoms. The number of aromatic nitrogens is 3. The molecule has 4 heterocycles. The largest absolute Gasteiger partial charge is 0.443 e. The third kappa shape index (κ3) is 4.53. The minimum Gasteiger partial charge on any atom is -0.443 e. The lowest BCUT2D eigenvalue weighted by atomic mass is 9.65. The Morgan fingerprint density at radius 3 is 2.77 bits per heavy atom. The average Bonchev–Trinajstić information content (AvgIpc) is 3.77. The molecule has 10 heteroatoms. The summed E-state index contributed by atoms with van der Waals surface area (Å²) in [7, 11) is 1.86. The molecule has 1 aromatic carbocycles. The standard InChI is InChI=1S/C30H34N6O3S/c1-35(28(38)19-5-3-2-4-6-19)20-7-8-23-22(13-20)33-29(36(23)21-14-30(15-21)11-12-31-17-30)34-27(37)26-10-9-25(40-26)24-16-32-18-39-24/h7-10,13,16,18-19,21,31H,2-6,11-12,14-15,17H2,1H3,(H,33,34,37). The average molecular weight is 559 g/mol. The van der Waals surface area contributed by atoms with Crippen molar-refractivity contribution in [3.8, 4) is 10.6 Å². The van der Waals surface area contributed by atoms with Crippen molar-refractivity contribution in [1.29, 1.82) is 0 Å². The van der Waals surface area contributed by atoms with E-state index in [-0.39, 0.29) is 23.8 Å². The predicted octanol–water partition coefficient (Wildman–Crippen LogP) is 5.86. The number of rotatable bonds is 6. The zero-order valence-electron chi connectivity index (χ0n) is 22.7. The van der Waals surface area contributed by atoms with E-state index in [1.807, 2.05) is 25.2 Å².